The largest absolute Gasteiger partial charge is 0.326 e. The lowest BCUT2D eigenvalue weighted by atomic mass is 10.0. The van der Waals surface area contributed by atoms with Gasteiger partial charge in [0, 0.05) is 25.4 Å². The molecule has 1 aliphatic rings. The molecule has 0 fully saturated rings. The van der Waals surface area contributed by atoms with Crippen LogP contribution in [0.15, 0.2) is 71.6 Å². The second kappa shape index (κ2) is 8.95. The van der Waals surface area contributed by atoms with E-state index in [1.807, 2.05) is 56.3 Å². The summed E-state index contributed by atoms with van der Waals surface area (Å²) < 4.78 is 23.6. The number of hydrogen-bond donors (Lipinski definition) is 1. The summed E-state index contributed by atoms with van der Waals surface area (Å²) in [5, 5.41) is 2.96. The number of nitrogens with zero attached hydrogens (tertiary/aromatic N) is 2. The predicted octanol–water partition coefficient (Wildman–Crippen LogP) is 4.86. The average Bonchev–Trinajstić information content (AvgIpc) is 2.77. The number of hydrogen-bond acceptors (Lipinski definition) is 4. The van der Waals surface area contributed by atoms with Crippen LogP contribution in [0.25, 0.3) is 11.1 Å². The van der Waals surface area contributed by atoms with Gasteiger partial charge >= 0.3 is 6.03 Å². The quantitative estimate of drug-likeness (QED) is 0.584. The molecule has 0 radical (unpaired) electrons. The Morgan fingerprint density at radius 1 is 0.941 bits per heavy atom. The number of carbonyl (C=O) groups is 2. The van der Waals surface area contributed by atoms with Crippen LogP contribution >= 0.6 is 0 Å². The molecule has 1 atom stereocenters. The van der Waals surface area contributed by atoms with Gasteiger partial charge < -0.3 is 10.2 Å². The minimum Gasteiger partial charge on any atom is -0.308 e. The summed E-state index contributed by atoms with van der Waals surface area (Å²) in [5.74, 6) is -0.0993. The van der Waals surface area contributed by atoms with Gasteiger partial charge in [-0.15, -0.1) is 0 Å². The first kappa shape index (κ1) is 23.5. The number of aryl methyl sites for hydroxylation is 1. The molecule has 3 amide bonds. The van der Waals surface area contributed by atoms with Crippen molar-refractivity contribution in [2.75, 3.05) is 27.9 Å². The number of urea groups is 1. The van der Waals surface area contributed by atoms with E-state index in [2.05, 4.69) is 5.32 Å². The first-order valence-corrected chi connectivity index (χ1v) is 12.8. The van der Waals surface area contributed by atoms with Crippen molar-refractivity contribution in [3.63, 3.8) is 0 Å². The molecular weight excluding hydrogens is 450 g/mol. The van der Waals surface area contributed by atoms with E-state index in [0.29, 0.717) is 23.6 Å². The van der Waals surface area contributed by atoms with Crippen molar-refractivity contribution in [2.24, 2.45) is 0 Å². The lowest BCUT2D eigenvalue weighted by Crippen LogP contribution is -2.52. The molecule has 8 heteroatoms. The van der Waals surface area contributed by atoms with Crippen LogP contribution in [-0.4, -0.2) is 39.2 Å². The first-order valence-electron chi connectivity index (χ1n) is 10.9. The maximum atomic E-state index is 13.3. The van der Waals surface area contributed by atoms with E-state index in [4.69, 9.17) is 0 Å². The summed E-state index contributed by atoms with van der Waals surface area (Å²) in [5.41, 5.74) is 4.62. The fourth-order valence-electron chi connectivity index (χ4n) is 4.29. The van der Waals surface area contributed by atoms with Gasteiger partial charge in [0.1, 0.15) is 0 Å². The summed E-state index contributed by atoms with van der Waals surface area (Å²) in [7, 11) is -3.30. The molecule has 34 heavy (non-hydrogen) atoms. The van der Waals surface area contributed by atoms with E-state index in [0.717, 1.165) is 16.7 Å². The normalized spacial score (nSPS) is 15.6. The Bertz CT molecular complexity index is 1370. The zero-order valence-corrected chi connectivity index (χ0v) is 20.4. The fraction of sp³-hybridized carbons (Fsp3) is 0.231. The lowest BCUT2D eigenvalue weighted by Gasteiger charge is -2.40. The second-order valence-corrected chi connectivity index (χ2v) is 10.7. The number of rotatable bonds is 3. The van der Waals surface area contributed by atoms with E-state index in [-0.39, 0.29) is 22.9 Å². The highest BCUT2D eigenvalue weighted by molar-refractivity contribution is 7.90. The molecule has 3 aromatic carbocycles. The Hall–Kier alpha value is -3.65. The van der Waals surface area contributed by atoms with Gasteiger partial charge in [0.05, 0.1) is 22.3 Å². The molecule has 0 aromatic heterocycles. The SMILES string of the molecule is CC(=O)N1c2ccc(-c3ccc(S(C)(=O)=O)cc3)cc2N(C(=O)Nc2cccc(C)c2)CC1C. The summed E-state index contributed by atoms with van der Waals surface area (Å²) in [6.45, 7) is 5.72. The highest BCUT2D eigenvalue weighted by atomic mass is 32.2. The fourth-order valence-corrected chi connectivity index (χ4v) is 4.92. The molecule has 1 aliphatic heterocycles. The van der Waals surface area contributed by atoms with E-state index < -0.39 is 9.84 Å². The second-order valence-electron chi connectivity index (χ2n) is 8.65. The third-order valence-corrected chi connectivity index (χ3v) is 7.01. The number of amides is 3. The van der Waals surface area contributed by atoms with Gasteiger partial charge in [-0.1, -0.05) is 30.3 Å². The summed E-state index contributed by atoms with van der Waals surface area (Å²) in [6.07, 6.45) is 1.17. The van der Waals surface area contributed by atoms with Gasteiger partial charge in [-0.05, 0) is 66.9 Å². The Balaban J connectivity index is 1.75. The average molecular weight is 478 g/mol. The van der Waals surface area contributed by atoms with Crippen molar-refractivity contribution < 1.29 is 18.0 Å². The maximum Gasteiger partial charge on any atom is 0.326 e. The van der Waals surface area contributed by atoms with Crippen LogP contribution in [0.5, 0.6) is 0 Å². The van der Waals surface area contributed by atoms with Crippen molar-refractivity contribution in [3.05, 3.63) is 72.3 Å². The van der Waals surface area contributed by atoms with Crippen LogP contribution in [0.4, 0.5) is 21.9 Å². The Kier molecular flexibility index (Phi) is 6.18. The zero-order chi connectivity index (χ0) is 24.6. The van der Waals surface area contributed by atoms with E-state index >= 15 is 0 Å². The number of nitrogens with one attached hydrogen (secondary N) is 1. The van der Waals surface area contributed by atoms with Gasteiger partial charge in [-0.25, -0.2) is 13.2 Å². The highest BCUT2D eigenvalue weighted by Gasteiger charge is 2.34. The Morgan fingerprint density at radius 3 is 2.24 bits per heavy atom. The van der Waals surface area contributed by atoms with Crippen LogP contribution in [0.2, 0.25) is 0 Å². The number of benzene rings is 3. The highest BCUT2D eigenvalue weighted by Crippen LogP contribution is 2.39. The third kappa shape index (κ3) is 4.68. The molecule has 7 nitrogen and oxygen atoms in total. The van der Waals surface area contributed by atoms with Gasteiger partial charge in [-0.3, -0.25) is 9.69 Å². The molecule has 1 heterocycles. The van der Waals surface area contributed by atoms with Crippen LogP contribution in [-0.2, 0) is 14.6 Å². The molecule has 0 bridgehead atoms. The molecular formula is C26H27N3O4S. The Labute approximate surface area is 199 Å². The van der Waals surface area contributed by atoms with Crippen LogP contribution in [0, 0.1) is 6.92 Å². The smallest absolute Gasteiger partial charge is 0.308 e. The number of fused-ring (bicyclic) bond motifs is 1. The summed E-state index contributed by atoms with van der Waals surface area (Å²) >= 11 is 0. The van der Waals surface area contributed by atoms with E-state index in [1.54, 1.807) is 34.1 Å². The van der Waals surface area contributed by atoms with Crippen molar-refractivity contribution in [1.29, 1.82) is 0 Å². The van der Waals surface area contributed by atoms with Gasteiger partial charge in [0.15, 0.2) is 9.84 Å². The zero-order valence-electron chi connectivity index (χ0n) is 19.6. The molecule has 1 unspecified atom stereocenters. The molecule has 0 aliphatic carbocycles. The van der Waals surface area contributed by atoms with Gasteiger partial charge in [-0.2, -0.15) is 0 Å². The minimum absolute atomic E-state index is 0.0993. The van der Waals surface area contributed by atoms with E-state index in [9.17, 15) is 18.0 Å². The predicted molar refractivity (Wildman–Crippen MR) is 135 cm³/mol. The van der Waals surface area contributed by atoms with Crippen molar-refractivity contribution in [3.8, 4) is 11.1 Å². The van der Waals surface area contributed by atoms with E-state index in [1.165, 1.54) is 13.2 Å². The maximum absolute atomic E-state index is 13.3. The molecule has 0 saturated carbocycles. The monoisotopic (exact) mass is 477 g/mol. The topological polar surface area (TPSA) is 86.8 Å². The summed E-state index contributed by atoms with van der Waals surface area (Å²) in [6, 6.07) is 19.3. The van der Waals surface area contributed by atoms with Crippen molar-refractivity contribution in [1.82, 2.24) is 0 Å². The molecule has 0 saturated heterocycles. The molecule has 3 aromatic rings. The molecule has 1 N–H and O–H groups in total. The third-order valence-electron chi connectivity index (χ3n) is 5.88. The lowest BCUT2D eigenvalue weighted by molar-refractivity contribution is -0.117. The number of sulfone groups is 1. The molecule has 176 valence electrons. The standard InChI is InChI=1S/C26H27N3O4S/c1-17-6-5-7-22(14-17)27-26(31)28-16-18(2)29(19(3)30)24-13-10-21(15-25(24)28)20-8-11-23(12-9-20)34(4,32)33/h5-15,18H,16H2,1-4H3,(H,27,31). The van der Waals surface area contributed by atoms with Crippen LogP contribution in [0.1, 0.15) is 19.4 Å². The minimum atomic E-state index is -3.30. The number of carbonyl (C=O) groups excluding carboxylic acids is 2. The summed E-state index contributed by atoms with van der Waals surface area (Å²) in [4.78, 5) is 29.3. The first-order chi connectivity index (χ1) is 16.0. The Morgan fingerprint density at radius 2 is 1.62 bits per heavy atom. The van der Waals surface area contributed by atoms with Gasteiger partial charge in [0.2, 0.25) is 5.91 Å². The van der Waals surface area contributed by atoms with Crippen molar-refractivity contribution in [2.45, 2.75) is 31.7 Å². The van der Waals surface area contributed by atoms with Crippen molar-refractivity contribution >= 4 is 38.8 Å². The molecule has 0 spiro atoms. The van der Waals surface area contributed by atoms with Crippen LogP contribution < -0.4 is 15.1 Å². The van der Waals surface area contributed by atoms with Gasteiger partial charge in [0.25, 0.3) is 0 Å². The number of anilines is 3. The molecule has 4 rings (SSSR count). The van der Waals surface area contributed by atoms with Crippen LogP contribution in [0.3, 0.4) is 0 Å².